The van der Waals surface area contributed by atoms with Crippen LogP contribution in [0.5, 0.6) is 23.1 Å². The van der Waals surface area contributed by atoms with E-state index in [1.54, 1.807) is 32.7 Å². The van der Waals surface area contributed by atoms with Gasteiger partial charge < -0.3 is 24.4 Å². The van der Waals surface area contributed by atoms with Crippen LogP contribution in [0.15, 0.2) is 60.9 Å². The maximum Gasteiger partial charge on any atom is 0.263 e. The van der Waals surface area contributed by atoms with Crippen LogP contribution in [0.4, 0.5) is 5.82 Å². The number of nitrogens with zero attached hydrogens (tertiary/aromatic N) is 3. The van der Waals surface area contributed by atoms with E-state index in [0.717, 1.165) is 24.9 Å². The van der Waals surface area contributed by atoms with E-state index in [-0.39, 0.29) is 11.8 Å². The third-order valence-electron chi connectivity index (χ3n) is 5.57. The van der Waals surface area contributed by atoms with Crippen LogP contribution in [0, 0.1) is 5.92 Å². The van der Waals surface area contributed by atoms with Crippen molar-refractivity contribution in [2.75, 3.05) is 32.2 Å². The van der Waals surface area contributed by atoms with E-state index in [9.17, 15) is 4.79 Å². The van der Waals surface area contributed by atoms with Crippen molar-refractivity contribution >= 4 is 11.7 Å². The number of piperidine rings is 1. The molecule has 33 heavy (non-hydrogen) atoms. The third kappa shape index (κ3) is 5.71. The van der Waals surface area contributed by atoms with Crippen LogP contribution >= 0.6 is 0 Å². The van der Waals surface area contributed by atoms with Gasteiger partial charge in [0.15, 0.2) is 5.82 Å². The third-order valence-corrected chi connectivity index (χ3v) is 5.57. The Morgan fingerprint density at radius 3 is 2.48 bits per heavy atom. The standard InChI is InChI=1S/C25H28N4O4/c1-31-21-13-18(14-22(15-21)32-2)16-28-24(30)19-7-6-12-29(17-19)23-25(27-11-10-26-23)33-20-8-4-3-5-9-20/h3-5,8-11,13-15,19H,6-7,12,16-17H2,1-2H3,(H,28,30). The molecule has 0 spiro atoms. The zero-order chi connectivity index (χ0) is 23.0. The molecule has 8 nitrogen and oxygen atoms in total. The fourth-order valence-corrected chi connectivity index (χ4v) is 3.89. The van der Waals surface area contributed by atoms with E-state index in [2.05, 4.69) is 20.2 Å². The number of carbonyl (C=O) groups is 1. The zero-order valence-corrected chi connectivity index (χ0v) is 18.9. The Morgan fingerprint density at radius 2 is 1.76 bits per heavy atom. The topological polar surface area (TPSA) is 85.8 Å². The molecule has 0 radical (unpaired) electrons. The van der Waals surface area contributed by atoms with Gasteiger partial charge in [0.1, 0.15) is 17.2 Å². The van der Waals surface area contributed by atoms with Gasteiger partial charge in [-0.2, -0.15) is 0 Å². The van der Waals surface area contributed by atoms with E-state index in [1.165, 1.54) is 0 Å². The summed E-state index contributed by atoms with van der Waals surface area (Å²) in [7, 11) is 3.21. The first-order valence-electron chi connectivity index (χ1n) is 10.9. The number of para-hydroxylation sites is 1. The number of nitrogens with one attached hydrogen (secondary N) is 1. The number of ether oxygens (including phenoxy) is 3. The lowest BCUT2D eigenvalue weighted by Crippen LogP contribution is -2.43. The molecular weight excluding hydrogens is 420 g/mol. The maximum absolute atomic E-state index is 13.0. The number of hydrogen-bond donors (Lipinski definition) is 1. The van der Waals surface area contributed by atoms with Crippen molar-refractivity contribution in [1.82, 2.24) is 15.3 Å². The fourth-order valence-electron chi connectivity index (χ4n) is 3.89. The molecule has 4 rings (SSSR count). The number of anilines is 1. The number of amides is 1. The summed E-state index contributed by atoms with van der Waals surface area (Å²) in [5.74, 6) is 3.02. The van der Waals surface area contributed by atoms with Crippen LogP contribution < -0.4 is 24.4 Å². The number of carbonyl (C=O) groups excluding carboxylic acids is 1. The van der Waals surface area contributed by atoms with Crippen LogP contribution in [-0.4, -0.2) is 43.2 Å². The highest BCUT2D eigenvalue weighted by molar-refractivity contribution is 5.79. The van der Waals surface area contributed by atoms with Crippen LogP contribution in [0.2, 0.25) is 0 Å². The molecule has 1 saturated heterocycles. The highest BCUT2D eigenvalue weighted by atomic mass is 16.5. The number of benzene rings is 2. The molecule has 2 heterocycles. The first kappa shape index (κ1) is 22.4. The van der Waals surface area contributed by atoms with Gasteiger partial charge in [0.05, 0.1) is 20.1 Å². The number of rotatable bonds is 8. The summed E-state index contributed by atoms with van der Waals surface area (Å²) in [6.07, 6.45) is 4.96. The number of methoxy groups -OCH3 is 2. The van der Waals surface area contributed by atoms with Gasteiger partial charge in [0.25, 0.3) is 5.88 Å². The quantitative estimate of drug-likeness (QED) is 0.561. The highest BCUT2D eigenvalue weighted by Crippen LogP contribution is 2.31. The summed E-state index contributed by atoms with van der Waals surface area (Å²) in [5.41, 5.74) is 0.916. The van der Waals surface area contributed by atoms with Crippen molar-refractivity contribution in [2.24, 2.45) is 5.92 Å². The van der Waals surface area contributed by atoms with E-state index in [4.69, 9.17) is 14.2 Å². The SMILES string of the molecule is COc1cc(CNC(=O)C2CCCN(c3nccnc3Oc3ccccc3)C2)cc(OC)c1. The summed E-state index contributed by atoms with van der Waals surface area (Å²) in [6, 6.07) is 15.1. The van der Waals surface area contributed by atoms with Gasteiger partial charge in [-0.15, -0.1) is 0 Å². The molecular formula is C25H28N4O4. The van der Waals surface area contributed by atoms with Crippen molar-refractivity contribution in [1.29, 1.82) is 0 Å². The predicted octanol–water partition coefficient (Wildman–Crippen LogP) is 3.82. The minimum Gasteiger partial charge on any atom is -0.497 e. The Labute approximate surface area is 193 Å². The molecule has 1 amide bonds. The van der Waals surface area contributed by atoms with Crippen molar-refractivity contribution in [3.63, 3.8) is 0 Å². The van der Waals surface area contributed by atoms with Gasteiger partial charge in [-0.3, -0.25) is 4.79 Å². The average molecular weight is 449 g/mol. The van der Waals surface area contributed by atoms with Crippen LogP contribution in [0.1, 0.15) is 18.4 Å². The first-order valence-corrected chi connectivity index (χ1v) is 10.9. The molecule has 2 aromatic carbocycles. The van der Waals surface area contributed by atoms with Gasteiger partial charge >= 0.3 is 0 Å². The second-order valence-corrected chi connectivity index (χ2v) is 7.82. The molecule has 1 aliphatic rings. The Hall–Kier alpha value is -3.81. The Bertz CT molecular complexity index is 1050. The molecule has 172 valence electrons. The average Bonchev–Trinajstić information content (AvgIpc) is 2.88. The largest absolute Gasteiger partial charge is 0.497 e. The summed E-state index contributed by atoms with van der Waals surface area (Å²) >= 11 is 0. The van der Waals surface area contributed by atoms with Crippen LogP contribution in [-0.2, 0) is 11.3 Å². The van der Waals surface area contributed by atoms with E-state index in [0.29, 0.717) is 42.0 Å². The molecule has 3 aromatic rings. The normalized spacial score (nSPS) is 15.6. The smallest absolute Gasteiger partial charge is 0.263 e. The monoisotopic (exact) mass is 448 g/mol. The highest BCUT2D eigenvalue weighted by Gasteiger charge is 2.28. The Balaban J connectivity index is 1.41. The zero-order valence-electron chi connectivity index (χ0n) is 18.9. The lowest BCUT2D eigenvalue weighted by molar-refractivity contribution is -0.125. The predicted molar refractivity (Wildman–Crippen MR) is 125 cm³/mol. The van der Waals surface area contributed by atoms with E-state index >= 15 is 0 Å². The molecule has 1 fully saturated rings. The lowest BCUT2D eigenvalue weighted by atomic mass is 9.97. The second kappa shape index (κ2) is 10.7. The molecule has 1 aromatic heterocycles. The summed E-state index contributed by atoms with van der Waals surface area (Å²) in [6.45, 7) is 1.74. The summed E-state index contributed by atoms with van der Waals surface area (Å²) in [4.78, 5) is 23.9. The Kier molecular flexibility index (Phi) is 7.24. The van der Waals surface area contributed by atoms with Crippen molar-refractivity contribution in [3.8, 4) is 23.1 Å². The summed E-state index contributed by atoms with van der Waals surface area (Å²) in [5, 5.41) is 3.05. The first-order chi connectivity index (χ1) is 16.2. The minimum absolute atomic E-state index is 0.0101. The lowest BCUT2D eigenvalue weighted by Gasteiger charge is -2.33. The fraction of sp³-hybridized carbons (Fsp3) is 0.320. The maximum atomic E-state index is 13.0. The van der Waals surface area contributed by atoms with Crippen molar-refractivity contribution < 1.29 is 19.0 Å². The summed E-state index contributed by atoms with van der Waals surface area (Å²) < 4.78 is 16.6. The van der Waals surface area contributed by atoms with Crippen LogP contribution in [0.25, 0.3) is 0 Å². The second-order valence-electron chi connectivity index (χ2n) is 7.82. The molecule has 1 aliphatic heterocycles. The van der Waals surface area contributed by atoms with Crippen molar-refractivity contribution in [2.45, 2.75) is 19.4 Å². The number of aromatic nitrogens is 2. The number of hydrogen-bond acceptors (Lipinski definition) is 7. The van der Waals surface area contributed by atoms with Gasteiger partial charge in [-0.05, 0) is 42.7 Å². The van der Waals surface area contributed by atoms with Crippen molar-refractivity contribution in [3.05, 3.63) is 66.5 Å². The van der Waals surface area contributed by atoms with Gasteiger partial charge in [-0.1, -0.05) is 18.2 Å². The Morgan fingerprint density at radius 1 is 1.03 bits per heavy atom. The van der Waals surface area contributed by atoms with E-state index < -0.39 is 0 Å². The minimum atomic E-state index is -0.155. The molecule has 0 saturated carbocycles. The van der Waals surface area contributed by atoms with Crippen LogP contribution in [0.3, 0.4) is 0 Å². The molecule has 1 atom stereocenters. The van der Waals surface area contributed by atoms with E-state index in [1.807, 2.05) is 42.5 Å². The molecule has 0 bridgehead atoms. The molecule has 0 aliphatic carbocycles. The van der Waals surface area contributed by atoms with Gasteiger partial charge in [0.2, 0.25) is 5.91 Å². The van der Waals surface area contributed by atoms with Gasteiger partial charge in [-0.25, -0.2) is 9.97 Å². The molecule has 1 N–H and O–H groups in total. The van der Waals surface area contributed by atoms with Gasteiger partial charge in [0, 0.05) is 38.1 Å². The molecule has 8 heteroatoms. The molecule has 1 unspecified atom stereocenters.